The van der Waals surface area contributed by atoms with Crippen LogP contribution in [-0.2, 0) is 6.54 Å². The third-order valence-corrected chi connectivity index (χ3v) is 5.75. The number of hydrogen-bond donors (Lipinski definition) is 0. The number of rotatable bonds is 5. The van der Waals surface area contributed by atoms with E-state index in [-0.39, 0.29) is 11.9 Å². The topological polar surface area (TPSA) is 73.1 Å². The molecule has 0 radical (unpaired) electrons. The first-order valence-electron chi connectivity index (χ1n) is 10.4. The fourth-order valence-corrected chi connectivity index (χ4v) is 4.22. The number of ether oxygens (including phenoxy) is 1. The number of carbonyl (C=O) groups is 1. The van der Waals surface area contributed by atoms with Crippen LogP contribution in [-0.4, -0.2) is 44.0 Å². The molecular weight excluding hydrogens is 390 g/mol. The molecule has 5 rings (SSSR count). The van der Waals surface area contributed by atoms with Crippen LogP contribution in [0, 0.1) is 0 Å². The Kier molecular flexibility index (Phi) is 5.08. The van der Waals surface area contributed by atoms with Crippen molar-refractivity contribution in [2.45, 2.75) is 25.4 Å². The smallest absolute Gasteiger partial charge is 0.256 e. The maximum Gasteiger partial charge on any atom is 0.256 e. The summed E-state index contributed by atoms with van der Waals surface area (Å²) in [6, 6.07) is 15.6. The predicted molar refractivity (Wildman–Crippen MR) is 117 cm³/mol. The van der Waals surface area contributed by atoms with E-state index in [1.807, 2.05) is 51.9 Å². The Balaban J connectivity index is 1.40. The van der Waals surface area contributed by atoms with Crippen LogP contribution in [0.1, 0.15) is 40.5 Å². The summed E-state index contributed by atoms with van der Waals surface area (Å²) in [7, 11) is 1.66. The standard InChI is InChI=1S/C24H23N5O2/c1-31-20-8-4-6-17(12-20)22-9-5-11-29(22)24(30)18-13-21-23(26-14-18)28(16-27-21)15-19-7-2-3-10-25-19/h2-4,6-8,10,12-14,16,22H,5,9,11,15H2,1H3. The second-order valence-corrected chi connectivity index (χ2v) is 7.69. The third-order valence-electron chi connectivity index (χ3n) is 5.75. The molecule has 0 bridgehead atoms. The van der Waals surface area contributed by atoms with E-state index in [1.54, 1.807) is 25.8 Å². The molecule has 4 aromatic rings. The average Bonchev–Trinajstić information content (AvgIpc) is 3.47. The van der Waals surface area contributed by atoms with Gasteiger partial charge in [-0.3, -0.25) is 9.78 Å². The molecule has 0 N–H and O–H groups in total. The molecule has 1 saturated heterocycles. The molecule has 1 aromatic carbocycles. The highest BCUT2D eigenvalue weighted by atomic mass is 16.5. The van der Waals surface area contributed by atoms with Crippen molar-refractivity contribution in [1.29, 1.82) is 0 Å². The van der Waals surface area contributed by atoms with Crippen molar-refractivity contribution in [1.82, 2.24) is 24.4 Å². The number of hydrogen-bond acceptors (Lipinski definition) is 5. The fourth-order valence-electron chi connectivity index (χ4n) is 4.22. The zero-order valence-corrected chi connectivity index (χ0v) is 17.3. The molecule has 1 unspecified atom stereocenters. The van der Waals surface area contributed by atoms with Crippen molar-refractivity contribution in [2.24, 2.45) is 0 Å². The highest BCUT2D eigenvalue weighted by Gasteiger charge is 2.31. The minimum Gasteiger partial charge on any atom is -0.497 e. The van der Waals surface area contributed by atoms with Crippen LogP contribution in [0.3, 0.4) is 0 Å². The van der Waals surface area contributed by atoms with Crippen molar-refractivity contribution in [3.05, 3.63) is 84.1 Å². The molecule has 7 nitrogen and oxygen atoms in total. The molecule has 7 heteroatoms. The van der Waals surface area contributed by atoms with Gasteiger partial charge in [0.05, 0.1) is 37.3 Å². The maximum absolute atomic E-state index is 13.3. The van der Waals surface area contributed by atoms with Crippen molar-refractivity contribution in [3.63, 3.8) is 0 Å². The van der Waals surface area contributed by atoms with Crippen molar-refractivity contribution >= 4 is 17.1 Å². The Hall–Kier alpha value is -3.74. The zero-order valence-electron chi connectivity index (χ0n) is 17.3. The highest BCUT2D eigenvalue weighted by molar-refractivity contribution is 5.96. The van der Waals surface area contributed by atoms with E-state index < -0.39 is 0 Å². The summed E-state index contributed by atoms with van der Waals surface area (Å²) in [6.07, 6.45) is 7.08. The Morgan fingerprint density at radius 1 is 1.13 bits per heavy atom. The molecule has 0 spiro atoms. The first kappa shape index (κ1) is 19.2. The SMILES string of the molecule is COc1cccc(C2CCCN2C(=O)c2cnc3c(c2)ncn3Cc2ccccn2)c1. The summed E-state index contributed by atoms with van der Waals surface area (Å²) < 4.78 is 7.30. The lowest BCUT2D eigenvalue weighted by Crippen LogP contribution is -2.30. The zero-order chi connectivity index (χ0) is 21.2. The monoisotopic (exact) mass is 413 g/mol. The first-order chi connectivity index (χ1) is 15.2. The number of fused-ring (bicyclic) bond motifs is 1. The lowest BCUT2D eigenvalue weighted by Gasteiger charge is -2.25. The molecule has 3 aromatic heterocycles. The van der Waals surface area contributed by atoms with Gasteiger partial charge in [0, 0.05) is 18.9 Å². The summed E-state index contributed by atoms with van der Waals surface area (Å²) in [5.74, 6) is 0.789. The predicted octanol–water partition coefficient (Wildman–Crippen LogP) is 3.86. The molecular formula is C24H23N5O2. The van der Waals surface area contributed by atoms with Crippen molar-refractivity contribution in [2.75, 3.05) is 13.7 Å². The van der Waals surface area contributed by atoms with Gasteiger partial charge in [0.15, 0.2) is 5.65 Å². The van der Waals surface area contributed by atoms with Gasteiger partial charge in [-0.25, -0.2) is 9.97 Å². The second-order valence-electron chi connectivity index (χ2n) is 7.69. The number of aromatic nitrogens is 4. The summed E-state index contributed by atoms with van der Waals surface area (Å²) in [5.41, 5.74) is 4.04. The maximum atomic E-state index is 13.3. The van der Waals surface area contributed by atoms with E-state index in [9.17, 15) is 4.79 Å². The number of nitrogens with zero attached hydrogens (tertiary/aromatic N) is 5. The number of likely N-dealkylation sites (tertiary alicyclic amines) is 1. The van der Waals surface area contributed by atoms with Gasteiger partial charge in [-0.2, -0.15) is 0 Å². The molecule has 1 amide bonds. The van der Waals surface area contributed by atoms with Gasteiger partial charge in [0.1, 0.15) is 11.3 Å². The van der Waals surface area contributed by atoms with E-state index in [1.165, 1.54) is 0 Å². The average molecular weight is 413 g/mol. The lowest BCUT2D eigenvalue weighted by atomic mass is 10.0. The summed E-state index contributed by atoms with van der Waals surface area (Å²) in [5, 5.41) is 0. The van der Waals surface area contributed by atoms with E-state index in [4.69, 9.17) is 4.74 Å². The normalized spacial score (nSPS) is 16.0. The third kappa shape index (κ3) is 3.74. The summed E-state index contributed by atoms with van der Waals surface area (Å²) in [4.78, 5) is 28.7. The summed E-state index contributed by atoms with van der Waals surface area (Å²) in [6.45, 7) is 1.31. The summed E-state index contributed by atoms with van der Waals surface area (Å²) >= 11 is 0. The van der Waals surface area contributed by atoms with Crippen LogP contribution in [0.15, 0.2) is 67.3 Å². The molecule has 0 aliphatic carbocycles. The van der Waals surface area contributed by atoms with Gasteiger partial charge in [-0.05, 0) is 48.7 Å². The number of benzene rings is 1. The van der Waals surface area contributed by atoms with Crippen molar-refractivity contribution in [3.8, 4) is 5.75 Å². The van der Waals surface area contributed by atoms with Crippen LogP contribution in [0.25, 0.3) is 11.2 Å². The molecule has 0 saturated carbocycles. The van der Waals surface area contributed by atoms with Gasteiger partial charge >= 0.3 is 0 Å². The minimum atomic E-state index is -0.0148. The number of methoxy groups -OCH3 is 1. The van der Waals surface area contributed by atoms with E-state index in [0.717, 1.165) is 42.0 Å². The molecule has 1 aliphatic rings. The Bertz CT molecular complexity index is 1220. The highest BCUT2D eigenvalue weighted by Crippen LogP contribution is 2.34. The van der Waals surface area contributed by atoms with E-state index >= 15 is 0 Å². The van der Waals surface area contributed by atoms with Crippen molar-refractivity contribution < 1.29 is 9.53 Å². The van der Waals surface area contributed by atoms with Crippen LogP contribution >= 0.6 is 0 Å². The minimum absolute atomic E-state index is 0.0148. The molecule has 4 heterocycles. The number of carbonyl (C=O) groups excluding carboxylic acids is 1. The van der Waals surface area contributed by atoms with E-state index in [0.29, 0.717) is 17.6 Å². The van der Waals surface area contributed by atoms with Gasteiger partial charge < -0.3 is 14.2 Å². The Morgan fingerprint density at radius 3 is 2.90 bits per heavy atom. The Labute approximate surface area is 180 Å². The molecule has 1 atom stereocenters. The lowest BCUT2D eigenvalue weighted by molar-refractivity contribution is 0.0735. The fraction of sp³-hybridized carbons (Fsp3) is 0.250. The number of imidazole rings is 1. The molecule has 1 aliphatic heterocycles. The van der Waals surface area contributed by atoms with Crippen LogP contribution in [0.2, 0.25) is 0 Å². The molecule has 1 fully saturated rings. The quantitative estimate of drug-likeness (QED) is 0.497. The number of pyridine rings is 2. The largest absolute Gasteiger partial charge is 0.497 e. The van der Waals surface area contributed by atoms with Crippen LogP contribution in [0.5, 0.6) is 5.75 Å². The Morgan fingerprint density at radius 2 is 2.06 bits per heavy atom. The van der Waals surface area contributed by atoms with Gasteiger partial charge in [-0.1, -0.05) is 18.2 Å². The molecule has 156 valence electrons. The van der Waals surface area contributed by atoms with E-state index in [2.05, 4.69) is 21.0 Å². The van der Waals surface area contributed by atoms with Crippen LogP contribution in [0.4, 0.5) is 0 Å². The first-order valence-corrected chi connectivity index (χ1v) is 10.4. The second kappa shape index (κ2) is 8.18. The van der Waals surface area contributed by atoms with Gasteiger partial charge in [-0.15, -0.1) is 0 Å². The van der Waals surface area contributed by atoms with Gasteiger partial charge in [0.25, 0.3) is 5.91 Å². The van der Waals surface area contributed by atoms with Gasteiger partial charge in [0.2, 0.25) is 0 Å². The van der Waals surface area contributed by atoms with Crippen LogP contribution < -0.4 is 4.74 Å². The number of amides is 1. The molecule has 31 heavy (non-hydrogen) atoms.